The molecule has 0 radical (unpaired) electrons. The van der Waals surface area contributed by atoms with Gasteiger partial charge in [-0.05, 0) is 76.3 Å². The third kappa shape index (κ3) is 9.94. The lowest BCUT2D eigenvalue weighted by molar-refractivity contribution is -0.0115. The number of anilines is 2. The van der Waals surface area contributed by atoms with Crippen molar-refractivity contribution in [3.05, 3.63) is 42.0 Å². The van der Waals surface area contributed by atoms with E-state index in [1.807, 2.05) is 13.8 Å². The summed E-state index contributed by atoms with van der Waals surface area (Å²) in [5.74, 6) is 1.08. The normalized spacial score (nSPS) is 22.4. The summed E-state index contributed by atoms with van der Waals surface area (Å²) >= 11 is 0. The number of amides is 5. The number of rotatable bonds is 7. The maximum atomic E-state index is 14.4. The van der Waals surface area contributed by atoms with E-state index in [0.717, 1.165) is 44.9 Å². The van der Waals surface area contributed by atoms with Crippen LogP contribution in [0.1, 0.15) is 82.5 Å². The van der Waals surface area contributed by atoms with Gasteiger partial charge in [0.2, 0.25) is 6.79 Å². The molecule has 0 unspecified atom stereocenters. The zero-order valence-corrected chi connectivity index (χ0v) is 29.7. The SMILES string of the molecule is C[C@@H]1CCCCO[C@H](CN(C)C(=O)Nc2ccc3c(c2)OCO3)[C@@H](C)CN([C@H](C)CO)C(=O)c2cc(NC(=O)NC3CCCCC3)ccc2O1. The number of nitrogens with one attached hydrogen (secondary N) is 3. The van der Waals surface area contributed by atoms with E-state index in [1.165, 1.54) is 6.42 Å². The number of urea groups is 2. The number of aliphatic hydroxyl groups excluding tert-OH is 1. The van der Waals surface area contributed by atoms with Crippen molar-refractivity contribution in [1.82, 2.24) is 15.1 Å². The molecule has 13 nitrogen and oxygen atoms in total. The first-order chi connectivity index (χ1) is 24.1. The predicted octanol–water partition coefficient (Wildman–Crippen LogP) is 5.83. The van der Waals surface area contributed by atoms with Gasteiger partial charge in [-0.25, -0.2) is 9.59 Å². The predicted molar refractivity (Wildman–Crippen MR) is 190 cm³/mol. The number of carbonyl (C=O) groups excluding carboxylic acids is 3. The third-order valence-corrected chi connectivity index (χ3v) is 9.67. The molecule has 2 aromatic rings. The van der Waals surface area contributed by atoms with Crippen molar-refractivity contribution in [3.8, 4) is 17.2 Å². The van der Waals surface area contributed by atoms with E-state index >= 15 is 0 Å². The minimum atomic E-state index is -0.526. The van der Waals surface area contributed by atoms with Gasteiger partial charge in [0.05, 0.1) is 30.4 Å². The van der Waals surface area contributed by atoms with Crippen LogP contribution in [0.15, 0.2) is 36.4 Å². The summed E-state index contributed by atoms with van der Waals surface area (Å²) in [6.07, 6.45) is 7.11. The third-order valence-electron chi connectivity index (χ3n) is 9.67. The van der Waals surface area contributed by atoms with Gasteiger partial charge in [0.25, 0.3) is 5.91 Å². The fourth-order valence-electron chi connectivity index (χ4n) is 6.61. The molecule has 0 bridgehead atoms. The Labute approximate surface area is 294 Å². The van der Waals surface area contributed by atoms with Gasteiger partial charge in [0, 0.05) is 56.1 Å². The number of benzene rings is 2. The van der Waals surface area contributed by atoms with Crippen molar-refractivity contribution in [2.45, 2.75) is 96.4 Å². The molecule has 0 saturated heterocycles. The number of nitrogens with zero attached hydrogens (tertiary/aromatic N) is 2. The van der Waals surface area contributed by atoms with E-state index in [2.05, 4.69) is 16.0 Å². The van der Waals surface area contributed by atoms with Crippen molar-refractivity contribution in [2.24, 2.45) is 5.92 Å². The molecule has 2 aliphatic heterocycles. The molecule has 50 heavy (non-hydrogen) atoms. The fourth-order valence-corrected chi connectivity index (χ4v) is 6.61. The van der Waals surface area contributed by atoms with E-state index in [4.69, 9.17) is 18.9 Å². The molecule has 5 rings (SSSR count). The van der Waals surface area contributed by atoms with Crippen molar-refractivity contribution < 1.29 is 38.4 Å². The van der Waals surface area contributed by atoms with E-state index in [0.29, 0.717) is 40.8 Å². The Morgan fingerprint density at radius 2 is 1.64 bits per heavy atom. The number of likely N-dealkylation sites (N-methyl/N-ethyl adjacent to an activating group) is 1. The Morgan fingerprint density at radius 3 is 2.40 bits per heavy atom. The van der Waals surface area contributed by atoms with Crippen LogP contribution in [0.5, 0.6) is 17.2 Å². The average Bonchev–Trinajstić information content (AvgIpc) is 3.58. The molecule has 274 valence electrons. The van der Waals surface area contributed by atoms with E-state index in [-0.39, 0.29) is 62.5 Å². The summed E-state index contributed by atoms with van der Waals surface area (Å²) in [5, 5.41) is 19.1. The molecule has 2 heterocycles. The molecule has 0 aromatic heterocycles. The summed E-state index contributed by atoms with van der Waals surface area (Å²) in [6.45, 7) is 6.63. The van der Waals surface area contributed by atoms with Gasteiger partial charge in [0.1, 0.15) is 5.75 Å². The summed E-state index contributed by atoms with van der Waals surface area (Å²) < 4.78 is 23.5. The van der Waals surface area contributed by atoms with Gasteiger partial charge >= 0.3 is 12.1 Å². The van der Waals surface area contributed by atoms with Crippen LogP contribution in [0.2, 0.25) is 0 Å². The molecule has 4 atom stereocenters. The van der Waals surface area contributed by atoms with Gasteiger partial charge < -0.3 is 49.8 Å². The van der Waals surface area contributed by atoms with Crippen LogP contribution in [0, 0.1) is 5.92 Å². The Balaban J connectivity index is 1.33. The summed E-state index contributed by atoms with van der Waals surface area (Å²) in [5.41, 5.74) is 1.35. The Hall–Kier alpha value is -4.23. The average molecular weight is 696 g/mol. The second kappa shape index (κ2) is 17.6. The molecule has 13 heteroatoms. The maximum Gasteiger partial charge on any atom is 0.321 e. The van der Waals surface area contributed by atoms with Crippen molar-refractivity contribution in [3.63, 3.8) is 0 Å². The topological polar surface area (TPSA) is 151 Å². The van der Waals surface area contributed by atoms with Crippen molar-refractivity contribution in [2.75, 3.05) is 50.8 Å². The molecule has 2 aromatic carbocycles. The number of carbonyl (C=O) groups is 3. The van der Waals surface area contributed by atoms with E-state index in [9.17, 15) is 19.5 Å². The van der Waals surface area contributed by atoms with Crippen LogP contribution in [0.4, 0.5) is 21.0 Å². The lowest BCUT2D eigenvalue weighted by Crippen LogP contribution is -2.48. The Morgan fingerprint density at radius 1 is 0.940 bits per heavy atom. The second-order valence-corrected chi connectivity index (χ2v) is 13.8. The first-order valence-electron chi connectivity index (χ1n) is 17.9. The molecule has 1 saturated carbocycles. The summed E-state index contributed by atoms with van der Waals surface area (Å²) in [4.78, 5) is 43.8. The van der Waals surface area contributed by atoms with Crippen LogP contribution in [0.25, 0.3) is 0 Å². The summed E-state index contributed by atoms with van der Waals surface area (Å²) in [6, 6.07) is 9.36. The zero-order valence-electron chi connectivity index (χ0n) is 29.7. The van der Waals surface area contributed by atoms with Crippen LogP contribution < -0.4 is 30.2 Å². The quantitative estimate of drug-likeness (QED) is 0.283. The van der Waals surface area contributed by atoms with Crippen molar-refractivity contribution in [1.29, 1.82) is 0 Å². The number of ether oxygens (including phenoxy) is 4. The lowest BCUT2D eigenvalue weighted by Gasteiger charge is -2.35. The Kier molecular flexibility index (Phi) is 13.1. The van der Waals surface area contributed by atoms with Crippen LogP contribution in [-0.2, 0) is 4.74 Å². The number of hydrogen-bond donors (Lipinski definition) is 4. The molecular weight excluding hydrogens is 642 g/mol. The highest BCUT2D eigenvalue weighted by atomic mass is 16.7. The molecule has 0 spiro atoms. The first kappa shape index (κ1) is 37.0. The van der Waals surface area contributed by atoms with Crippen LogP contribution >= 0.6 is 0 Å². The smallest absolute Gasteiger partial charge is 0.321 e. The number of hydrogen-bond acceptors (Lipinski definition) is 8. The van der Waals surface area contributed by atoms with Crippen LogP contribution in [-0.4, -0.2) is 97.3 Å². The summed E-state index contributed by atoms with van der Waals surface area (Å²) in [7, 11) is 1.71. The highest BCUT2D eigenvalue weighted by molar-refractivity contribution is 5.99. The number of fused-ring (bicyclic) bond motifs is 2. The zero-order chi connectivity index (χ0) is 35.6. The first-order valence-corrected chi connectivity index (χ1v) is 17.9. The molecule has 3 aliphatic rings. The van der Waals surface area contributed by atoms with Crippen molar-refractivity contribution >= 4 is 29.3 Å². The molecule has 4 N–H and O–H groups in total. The molecule has 1 aliphatic carbocycles. The van der Waals surface area contributed by atoms with Gasteiger partial charge in [-0.15, -0.1) is 0 Å². The van der Waals surface area contributed by atoms with E-state index in [1.54, 1.807) is 60.2 Å². The Bertz CT molecular complexity index is 1470. The number of aliphatic hydroxyl groups is 1. The maximum absolute atomic E-state index is 14.4. The lowest BCUT2D eigenvalue weighted by atomic mass is 9.96. The minimum absolute atomic E-state index is 0.137. The van der Waals surface area contributed by atoms with Gasteiger partial charge in [-0.2, -0.15) is 0 Å². The monoisotopic (exact) mass is 695 g/mol. The van der Waals surface area contributed by atoms with Gasteiger partial charge in [-0.3, -0.25) is 4.79 Å². The van der Waals surface area contributed by atoms with Gasteiger partial charge in [-0.1, -0.05) is 26.2 Å². The fraction of sp³-hybridized carbons (Fsp3) is 0.595. The second-order valence-electron chi connectivity index (χ2n) is 13.8. The highest BCUT2D eigenvalue weighted by Crippen LogP contribution is 2.34. The minimum Gasteiger partial charge on any atom is -0.490 e. The largest absolute Gasteiger partial charge is 0.490 e. The van der Waals surface area contributed by atoms with Gasteiger partial charge in [0.15, 0.2) is 11.5 Å². The molecular formula is C37H53N5O8. The molecule has 5 amide bonds. The standard InChI is InChI=1S/C37H53N5O8/c1-24-20-42(25(2)22-43)35(44)30-18-28(39-36(45)38-27-11-6-5-7-12-27)13-15-31(30)50-26(3)10-8-9-17-47-34(24)21-41(4)37(46)40-29-14-16-32-33(19-29)49-23-48-32/h13-16,18-19,24-27,34,43H,5-12,17,20-23H2,1-4H3,(H,40,46)(H2,38,39,45)/t24-,25+,26+,34+/m0/s1. The van der Waals surface area contributed by atoms with Crippen LogP contribution in [0.3, 0.4) is 0 Å². The highest BCUT2D eigenvalue weighted by Gasteiger charge is 2.31. The van der Waals surface area contributed by atoms with E-state index < -0.39 is 12.1 Å². The molecule has 1 fully saturated rings.